The van der Waals surface area contributed by atoms with Gasteiger partial charge in [-0.15, -0.1) is 0 Å². The number of aliphatic hydroxyl groups excluding tert-OH is 6. The number of benzene rings is 7. The second-order valence-electron chi connectivity index (χ2n) is 30.8. The molecule has 7 rings (SSSR count). The predicted octanol–water partition coefficient (Wildman–Crippen LogP) is 14.3. The van der Waals surface area contributed by atoms with Crippen molar-refractivity contribution < 1.29 is 69.5 Å². The minimum absolute atomic E-state index is 0.175. The van der Waals surface area contributed by atoms with E-state index < -0.39 is 115 Å². The molecule has 0 spiro atoms. The molecule has 0 unspecified atom stereocenters. The van der Waals surface area contributed by atoms with Gasteiger partial charge in [-0.05, 0) is 258 Å². The highest BCUT2D eigenvalue weighted by Crippen LogP contribution is 2.41. The Kier molecular flexibility index (Phi) is 25.9. The van der Waals surface area contributed by atoms with Gasteiger partial charge in [0, 0.05) is 33.4 Å². The lowest BCUT2D eigenvalue weighted by atomic mass is 9.89. The third-order valence-electron chi connectivity index (χ3n) is 15.9. The Morgan fingerprint density at radius 2 is 0.417 bits per heavy atom. The molecular formula is C72H108O15Si9. The van der Waals surface area contributed by atoms with Gasteiger partial charge in [0.25, 0.3) is 0 Å². The Morgan fingerprint density at radius 1 is 0.240 bits per heavy atom. The summed E-state index contributed by atoms with van der Waals surface area (Å²) >= 11 is 0. The first-order valence-corrected chi connectivity index (χ1v) is 60.6. The van der Waals surface area contributed by atoms with E-state index in [1.165, 1.54) is 0 Å². The fraction of sp³-hybridized carbons (Fsp3) is 0.417. The molecule has 0 aromatic heterocycles. The van der Waals surface area contributed by atoms with E-state index in [4.69, 9.17) is 38.9 Å². The summed E-state index contributed by atoms with van der Waals surface area (Å²) in [6, 6.07) is 41.8. The summed E-state index contributed by atoms with van der Waals surface area (Å²) in [5.41, 5.74) is 9.58. The summed E-state index contributed by atoms with van der Waals surface area (Å²) in [7, 11) is -19.7. The first-order chi connectivity index (χ1) is 44.5. The van der Waals surface area contributed by atoms with Crippen LogP contribution in [0.3, 0.4) is 0 Å². The standard InChI is InChI=1S/C72H108O15Si9/c1-88(2,3)82-94(16,17)85-91(10,11)67-28-22-52(23-29-67)49-79-70-61(43-73)37-58(38-62(70)44-74)55-34-56(59-39-63(45-75)71(64(40-59)46-76)80-50-53-24-30-68(31-25-53)92(12,13)86-95(18,19)83-89(4,5)6)36-57(35-55)60-41-65(47-77)72(66(42-60)48-78)81-51-54-26-32-69(33-27-54)93(14,15)87-96(20,21)84-90(7,8)9/h22-42,73-78H,43-51H2,1-21H3. The molecular weight excluding hydrogens is 1360 g/mol. The molecule has 0 aliphatic carbocycles. The summed E-state index contributed by atoms with van der Waals surface area (Å²) in [6.07, 6.45) is 0. The highest BCUT2D eigenvalue weighted by molar-refractivity contribution is 6.94. The van der Waals surface area contributed by atoms with Crippen molar-refractivity contribution in [3.05, 3.63) is 177 Å². The molecule has 0 atom stereocenters. The number of aliphatic hydroxyl groups is 6. The first kappa shape index (κ1) is 78.7. The van der Waals surface area contributed by atoms with Gasteiger partial charge in [0.2, 0.25) is 25.0 Å². The SMILES string of the molecule is C[Si](C)(C)O[Si](C)(C)O[Si](C)(C)c1ccc(COc2c(CO)cc(-c3cc(-c4cc(CO)c(OCc5ccc([Si](C)(C)O[Si](C)(C)O[Si](C)(C)C)cc5)c(CO)c4)cc(-c4cc(CO)c(OCc5ccc([Si](C)(C)O[Si](C)(C)O[Si](C)(C)C)cc5)c(CO)c4)c3)cc2CO)cc1. The van der Waals surface area contributed by atoms with Crippen LogP contribution in [-0.2, 0) is 84.2 Å². The van der Waals surface area contributed by atoms with Gasteiger partial charge in [-0.3, -0.25) is 0 Å². The summed E-state index contributed by atoms with van der Waals surface area (Å²) in [6.45, 7) is 43.8. The lowest BCUT2D eigenvalue weighted by molar-refractivity contribution is 0.242. The van der Waals surface area contributed by atoms with Gasteiger partial charge in [0.1, 0.15) is 37.1 Å². The number of hydrogen-bond donors (Lipinski definition) is 6. The molecule has 0 saturated carbocycles. The molecule has 7 aromatic carbocycles. The molecule has 0 heterocycles. The molecule has 522 valence electrons. The van der Waals surface area contributed by atoms with Crippen molar-refractivity contribution >= 4 is 91.1 Å². The lowest BCUT2D eigenvalue weighted by Gasteiger charge is -2.37. The fourth-order valence-corrected chi connectivity index (χ4v) is 51.3. The van der Waals surface area contributed by atoms with E-state index >= 15 is 0 Å². The average Bonchev–Trinajstić information content (AvgIpc) is 0.783. The number of rotatable bonds is 33. The van der Waals surface area contributed by atoms with Crippen LogP contribution in [0, 0.1) is 0 Å². The van der Waals surface area contributed by atoms with Crippen LogP contribution in [0.1, 0.15) is 50.1 Å². The molecule has 0 bridgehead atoms. The Morgan fingerprint density at radius 3 is 0.583 bits per heavy atom. The van der Waals surface area contributed by atoms with Crippen LogP contribution in [0.5, 0.6) is 17.2 Å². The molecule has 24 heteroatoms. The smallest absolute Gasteiger partial charge is 0.311 e. The summed E-state index contributed by atoms with van der Waals surface area (Å²) < 4.78 is 59.6. The maximum absolute atomic E-state index is 11.1. The molecule has 6 N–H and O–H groups in total. The zero-order valence-electron chi connectivity index (χ0n) is 60.8. The third kappa shape index (κ3) is 22.0. The predicted molar refractivity (Wildman–Crippen MR) is 411 cm³/mol. The molecule has 0 aliphatic heterocycles. The Hall–Kier alpha value is -4.59. The topological polar surface area (TPSA) is 204 Å². The monoisotopic (exact) mass is 1460 g/mol. The van der Waals surface area contributed by atoms with Gasteiger partial charge in [-0.25, -0.2) is 0 Å². The van der Waals surface area contributed by atoms with E-state index in [1.54, 1.807) is 0 Å². The van der Waals surface area contributed by atoms with Crippen LogP contribution >= 0.6 is 0 Å². The number of ether oxygens (including phenoxy) is 3. The van der Waals surface area contributed by atoms with E-state index in [0.717, 1.165) is 32.3 Å². The fourth-order valence-electron chi connectivity index (χ4n) is 12.9. The van der Waals surface area contributed by atoms with Crippen molar-refractivity contribution in [2.75, 3.05) is 0 Å². The minimum Gasteiger partial charge on any atom is -0.488 e. The molecule has 0 amide bonds. The third-order valence-corrected chi connectivity index (χ3v) is 46.4. The minimum atomic E-state index is -2.39. The lowest BCUT2D eigenvalue weighted by Crippen LogP contribution is -2.56. The van der Waals surface area contributed by atoms with E-state index in [0.29, 0.717) is 84.0 Å². The van der Waals surface area contributed by atoms with Crippen molar-refractivity contribution in [1.82, 2.24) is 0 Å². The highest BCUT2D eigenvalue weighted by atomic mass is 28.5. The maximum atomic E-state index is 11.1. The number of hydrogen-bond acceptors (Lipinski definition) is 15. The van der Waals surface area contributed by atoms with E-state index in [1.807, 2.05) is 91.0 Å². The van der Waals surface area contributed by atoms with Crippen molar-refractivity contribution in [1.29, 1.82) is 0 Å². The summed E-state index contributed by atoms with van der Waals surface area (Å²) in [4.78, 5) is 0. The molecule has 15 nitrogen and oxygen atoms in total. The molecule has 0 fully saturated rings. The maximum Gasteiger partial charge on any atom is 0.311 e. The van der Waals surface area contributed by atoms with Crippen LogP contribution in [0.2, 0.25) is 137 Å². The van der Waals surface area contributed by atoms with Gasteiger partial charge >= 0.3 is 25.7 Å². The Balaban J connectivity index is 1.25. The second-order valence-corrected chi connectivity index (χ2v) is 67.5. The Bertz CT molecular complexity index is 3290. The molecule has 0 saturated heterocycles. The first-order valence-electron chi connectivity index (χ1n) is 33.2. The largest absolute Gasteiger partial charge is 0.488 e. The molecule has 7 aromatic rings. The van der Waals surface area contributed by atoms with Gasteiger partial charge in [0.05, 0.1) is 39.6 Å². The molecule has 96 heavy (non-hydrogen) atoms. The van der Waals surface area contributed by atoms with Crippen LogP contribution in [0.25, 0.3) is 33.4 Å². The van der Waals surface area contributed by atoms with Crippen molar-refractivity contribution in [3.8, 4) is 50.6 Å². The van der Waals surface area contributed by atoms with Crippen LogP contribution in [-0.4, -0.2) is 106 Å². The van der Waals surface area contributed by atoms with Crippen LogP contribution in [0.4, 0.5) is 0 Å². The van der Waals surface area contributed by atoms with Crippen molar-refractivity contribution in [2.45, 2.75) is 197 Å². The Labute approximate surface area is 581 Å². The average molecular weight is 1470 g/mol. The van der Waals surface area contributed by atoms with Gasteiger partial charge in [-0.2, -0.15) is 0 Å². The van der Waals surface area contributed by atoms with E-state index in [9.17, 15) is 30.6 Å². The second kappa shape index (κ2) is 31.5. The van der Waals surface area contributed by atoms with Crippen LogP contribution < -0.4 is 29.8 Å². The van der Waals surface area contributed by atoms with E-state index in [-0.39, 0.29) is 19.8 Å². The quantitative estimate of drug-likeness (QED) is 0.0212. The zero-order chi connectivity index (χ0) is 71.2. The normalized spacial score (nSPS) is 13.2. The van der Waals surface area contributed by atoms with E-state index in [2.05, 4.69) is 174 Å². The van der Waals surface area contributed by atoms with Gasteiger partial charge in [0.15, 0.2) is 25.0 Å². The summed E-state index contributed by atoms with van der Waals surface area (Å²) in [5, 5.41) is 70.0. The zero-order valence-corrected chi connectivity index (χ0v) is 69.8. The summed E-state index contributed by atoms with van der Waals surface area (Å²) in [5.74, 6) is 1.12. The van der Waals surface area contributed by atoms with Gasteiger partial charge < -0.3 is 69.5 Å². The van der Waals surface area contributed by atoms with Crippen molar-refractivity contribution in [2.24, 2.45) is 0 Å². The highest BCUT2D eigenvalue weighted by Gasteiger charge is 2.42. The molecule has 0 aliphatic rings. The molecule has 0 radical (unpaired) electrons. The van der Waals surface area contributed by atoms with Gasteiger partial charge in [-0.1, -0.05) is 72.8 Å². The van der Waals surface area contributed by atoms with Crippen molar-refractivity contribution in [3.63, 3.8) is 0 Å². The van der Waals surface area contributed by atoms with Crippen LogP contribution in [0.15, 0.2) is 127 Å².